The maximum Gasteiger partial charge on any atom is 0.339 e. The number of hydrogen-bond acceptors (Lipinski definition) is 2. The number of aromatic nitrogens is 2. The average Bonchev–Trinajstić information content (AvgIpc) is 2.83. The van der Waals surface area contributed by atoms with Crippen LogP contribution in [0.25, 0.3) is 10.9 Å². The summed E-state index contributed by atoms with van der Waals surface area (Å²) in [6.07, 6.45) is 4.89. The van der Waals surface area contributed by atoms with Crippen molar-refractivity contribution in [1.82, 2.24) is 9.55 Å². The summed E-state index contributed by atoms with van der Waals surface area (Å²) in [7, 11) is 0. The quantitative estimate of drug-likeness (QED) is 0.824. The van der Waals surface area contributed by atoms with E-state index in [-0.39, 0.29) is 16.7 Å². The minimum Gasteiger partial charge on any atom is -0.478 e. The molecule has 0 radical (unpaired) electrons. The van der Waals surface area contributed by atoms with Crippen molar-refractivity contribution in [2.75, 3.05) is 0 Å². The van der Waals surface area contributed by atoms with E-state index in [4.69, 9.17) is 5.11 Å². The fourth-order valence-corrected chi connectivity index (χ4v) is 2.14. The van der Waals surface area contributed by atoms with E-state index in [0.717, 1.165) is 12.8 Å². The Hall–Kier alpha value is -2.04. The van der Waals surface area contributed by atoms with Gasteiger partial charge >= 0.3 is 5.97 Å². The molecule has 2 N–H and O–H groups in total. The first-order valence-corrected chi connectivity index (χ1v) is 5.49. The third kappa shape index (κ3) is 1.32. The predicted octanol–water partition coefficient (Wildman–Crippen LogP) is 1.54. The maximum atomic E-state index is 12.2. The van der Waals surface area contributed by atoms with Crippen LogP contribution in [-0.2, 0) is 5.54 Å². The van der Waals surface area contributed by atoms with Gasteiger partial charge in [0.2, 0.25) is 0 Å². The summed E-state index contributed by atoms with van der Waals surface area (Å²) < 4.78 is 1.56. The number of carboxylic acid groups (broad SMARTS) is 1. The fraction of sp³-hybridized carbons (Fsp3) is 0.333. The van der Waals surface area contributed by atoms with Gasteiger partial charge in [-0.3, -0.25) is 4.79 Å². The molecule has 1 aliphatic rings. The largest absolute Gasteiger partial charge is 0.478 e. The van der Waals surface area contributed by atoms with Gasteiger partial charge in [-0.25, -0.2) is 4.79 Å². The van der Waals surface area contributed by atoms with E-state index in [0.29, 0.717) is 10.9 Å². The smallest absolute Gasteiger partial charge is 0.339 e. The average molecular weight is 232 g/mol. The van der Waals surface area contributed by atoms with Crippen molar-refractivity contribution in [3.63, 3.8) is 0 Å². The van der Waals surface area contributed by atoms with Crippen molar-refractivity contribution < 1.29 is 9.90 Å². The summed E-state index contributed by atoms with van der Waals surface area (Å²) in [5.74, 6) is -1.02. The van der Waals surface area contributed by atoms with Crippen LogP contribution in [0.3, 0.4) is 0 Å². The van der Waals surface area contributed by atoms with Crippen molar-refractivity contribution in [1.29, 1.82) is 0 Å². The number of pyridine rings is 1. The van der Waals surface area contributed by atoms with E-state index in [9.17, 15) is 9.59 Å². The Morgan fingerprint density at radius 1 is 1.53 bits per heavy atom. The number of nitrogens with zero attached hydrogens (tertiary/aromatic N) is 1. The molecule has 0 aromatic carbocycles. The van der Waals surface area contributed by atoms with Crippen LogP contribution in [0.2, 0.25) is 0 Å². The highest BCUT2D eigenvalue weighted by molar-refractivity contribution is 6.01. The Labute approximate surface area is 96.7 Å². The van der Waals surface area contributed by atoms with Crippen LogP contribution in [0.4, 0.5) is 0 Å². The highest BCUT2D eigenvalue weighted by atomic mass is 16.4. The molecule has 2 aromatic rings. The Morgan fingerprint density at radius 3 is 2.82 bits per heavy atom. The zero-order chi connectivity index (χ0) is 12.2. The predicted molar refractivity (Wildman–Crippen MR) is 62.4 cm³/mol. The second-order valence-corrected chi connectivity index (χ2v) is 4.79. The lowest BCUT2D eigenvalue weighted by atomic mass is 10.2. The van der Waals surface area contributed by atoms with Gasteiger partial charge in [-0.15, -0.1) is 0 Å². The van der Waals surface area contributed by atoms with Crippen LogP contribution in [0, 0.1) is 0 Å². The number of carbonyl (C=O) groups is 1. The molecule has 1 aliphatic carbocycles. The molecule has 17 heavy (non-hydrogen) atoms. The maximum absolute atomic E-state index is 12.2. The van der Waals surface area contributed by atoms with Gasteiger partial charge < -0.3 is 14.7 Å². The number of aromatic carboxylic acids is 1. The number of aromatic amines is 1. The van der Waals surface area contributed by atoms with Gasteiger partial charge in [0.15, 0.2) is 0 Å². The van der Waals surface area contributed by atoms with Crippen molar-refractivity contribution >= 4 is 16.9 Å². The van der Waals surface area contributed by atoms with Gasteiger partial charge in [-0.1, -0.05) is 0 Å². The molecule has 0 aliphatic heterocycles. The molecule has 5 heteroatoms. The minimum absolute atomic E-state index is 0.119. The number of rotatable bonds is 2. The van der Waals surface area contributed by atoms with E-state index in [1.54, 1.807) is 16.8 Å². The first-order chi connectivity index (χ1) is 8.03. The summed E-state index contributed by atoms with van der Waals surface area (Å²) in [6.45, 7) is 1.97. The normalized spacial score (nSPS) is 17.2. The topological polar surface area (TPSA) is 75.1 Å². The molecular formula is C12H12N2O3. The lowest BCUT2D eigenvalue weighted by Crippen LogP contribution is -2.29. The van der Waals surface area contributed by atoms with E-state index in [1.165, 1.54) is 6.20 Å². The van der Waals surface area contributed by atoms with Crippen LogP contribution in [0.5, 0.6) is 0 Å². The van der Waals surface area contributed by atoms with Crippen molar-refractivity contribution in [2.24, 2.45) is 0 Å². The molecule has 0 amide bonds. The third-order valence-electron chi connectivity index (χ3n) is 3.51. The Bertz CT molecular complexity index is 677. The lowest BCUT2D eigenvalue weighted by molar-refractivity contribution is 0.0697. The minimum atomic E-state index is -1.02. The Morgan fingerprint density at radius 2 is 2.24 bits per heavy atom. The molecule has 3 rings (SSSR count). The van der Waals surface area contributed by atoms with Crippen LogP contribution in [0.1, 0.15) is 30.1 Å². The van der Waals surface area contributed by atoms with Crippen molar-refractivity contribution in [3.05, 3.63) is 34.4 Å². The van der Waals surface area contributed by atoms with Crippen LogP contribution in [-0.4, -0.2) is 20.6 Å². The molecule has 0 bridgehead atoms. The lowest BCUT2D eigenvalue weighted by Gasteiger charge is -2.14. The highest BCUT2D eigenvalue weighted by Gasteiger charge is 2.40. The molecule has 88 valence electrons. The molecule has 0 unspecified atom stereocenters. The van der Waals surface area contributed by atoms with E-state index >= 15 is 0 Å². The number of hydrogen-bond donors (Lipinski definition) is 2. The summed E-state index contributed by atoms with van der Waals surface area (Å²) in [6, 6.07) is 1.63. The summed E-state index contributed by atoms with van der Waals surface area (Å²) >= 11 is 0. The van der Waals surface area contributed by atoms with Gasteiger partial charge in [0.1, 0.15) is 5.56 Å². The second kappa shape index (κ2) is 3.00. The van der Waals surface area contributed by atoms with Gasteiger partial charge in [-0.2, -0.15) is 0 Å². The molecule has 1 saturated carbocycles. The Balaban J connectivity index is 2.41. The molecule has 2 heterocycles. The molecule has 0 atom stereocenters. The number of nitrogens with one attached hydrogen (secondary N) is 1. The Kier molecular flexibility index (Phi) is 1.79. The van der Waals surface area contributed by atoms with Crippen LogP contribution in [0.15, 0.2) is 23.3 Å². The molecular weight excluding hydrogens is 220 g/mol. The molecule has 0 saturated heterocycles. The number of H-pyrrole nitrogens is 1. The zero-order valence-corrected chi connectivity index (χ0v) is 9.36. The molecule has 2 aromatic heterocycles. The van der Waals surface area contributed by atoms with Gasteiger partial charge in [0.25, 0.3) is 5.56 Å². The zero-order valence-electron chi connectivity index (χ0n) is 9.36. The van der Waals surface area contributed by atoms with Crippen molar-refractivity contribution in [3.8, 4) is 0 Å². The fourth-order valence-electron chi connectivity index (χ4n) is 2.14. The standard InChI is InChI=1S/C12H12N2O3/c1-12(3-4-12)14-6-8(11(16)17)9-7(10(14)15)2-5-13-9/h2,5-6,13H,3-4H2,1H3,(H,16,17). The molecule has 5 nitrogen and oxygen atoms in total. The highest BCUT2D eigenvalue weighted by Crippen LogP contribution is 2.42. The van der Waals surface area contributed by atoms with E-state index in [1.807, 2.05) is 6.92 Å². The van der Waals surface area contributed by atoms with Crippen molar-refractivity contribution in [2.45, 2.75) is 25.3 Å². The van der Waals surface area contributed by atoms with Gasteiger partial charge in [-0.05, 0) is 25.8 Å². The molecule has 0 spiro atoms. The van der Waals surface area contributed by atoms with Crippen LogP contribution >= 0.6 is 0 Å². The summed E-state index contributed by atoms with van der Waals surface area (Å²) in [5.41, 5.74) is 0.235. The SMILES string of the molecule is CC1(n2cc(C(=O)O)c3[nH]ccc3c2=O)CC1. The number of fused-ring (bicyclic) bond motifs is 1. The summed E-state index contributed by atoms with van der Waals surface area (Å²) in [4.78, 5) is 26.2. The second-order valence-electron chi connectivity index (χ2n) is 4.79. The van der Waals surface area contributed by atoms with E-state index < -0.39 is 5.97 Å². The number of carboxylic acids is 1. The first-order valence-electron chi connectivity index (χ1n) is 5.49. The van der Waals surface area contributed by atoms with E-state index in [2.05, 4.69) is 4.98 Å². The monoisotopic (exact) mass is 232 g/mol. The molecule has 1 fully saturated rings. The third-order valence-corrected chi connectivity index (χ3v) is 3.51. The first kappa shape index (κ1) is 10.1. The van der Waals surface area contributed by atoms with Gasteiger partial charge in [0, 0.05) is 17.9 Å². The van der Waals surface area contributed by atoms with Gasteiger partial charge in [0.05, 0.1) is 10.9 Å². The summed E-state index contributed by atoms with van der Waals surface area (Å²) in [5, 5.41) is 9.61. The van der Waals surface area contributed by atoms with Crippen LogP contribution < -0.4 is 5.56 Å².